The topological polar surface area (TPSA) is 76.7 Å². The fourth-order valence-corrected chi connectivity index (χ4v) is 3.19. The molecule has 6 nitrogen and oxygen atoms in total. The fourth-order valence-electron chi connectivity index (χ4n) is 3.19. The van der Waals surface area contributed by atoms with Gasteiger partial charge in [0.1, 0.15) is 16.9 Å². The van der Waals surface area contributed by atoms with Crippen molar-refractivity contribution in [2.24, 2.45) is 5.41 Å². The van der Waals surface area contributed by atoms with Crippen molar-refractivity contribution in [2.45, 2.75) is 32.6 Å². The van der Waals surface area contributed by atoms with Gasteiger partial charge in [-0.25, -0.2) is 0 Å². The van der Waals surface area contributed by atoms with Gasteiger partial charge in [-0.3, -0.25) is 9.59 Å². The van der Waals surface area contributed by atoms with Gasteiger partial charge in [0.25, 0.3) is 0 Å². The number of methoxy groups -OCH3 is 2. The summed E-state index contributed by atoms with van der Waals surface area (Å²) in [5, 5.41) is 5.80. The van der Waals surface area contributed by atoms with Gasteiger partial charge in [0.2, 0.25) is 11.8 Å². The van der Waals surface area contributed by atoms with Gasteiger partial charge in [-0.05, 0) is 42.5 Å². The summed E-state index contributed by atoms with van der Waals surface area (Å²) in [4.78, 5) is 25.9. The van der Waals surface area contributed by atoms with Crippen LogP contribution in [0.15, 0.2) is 42.5 Å². The second-order valence-corrected chi connectivity index (χ2v) is 7.30. The Labute approximate surface area is 165 Å². The quantitative estimate of drug-likeness (QED) is 0.704. The molecule has 1 saturated carbocycles. The SMILES string of the molecule is COc1ccc(OC)c(NC(=O)C2(C(=O)Nc3ccccc3C(C)C)CC2)c1. The molecule has 3 rings (SSSR count). The summed E-state index contributed by atoms with van der Waals surface area (Å²) >= 11 is 0. The summed E-state index contributed by atoms with van der Waals surface area (Å²) < 4.78 is 10.5. The van der Waals surface area contributed by atoms with Crippen LogP contribution in [0.3, 0.4) is 0 Å². The first kappa shape index (κ1) is 19.7. The van der Waals surface area contributed by atoms with Gasteiger partial charge in [-0.1, -0.05) is 32.0 Å². The van der Waals surface area contributed by atoms with Gasteiger partial charge in [0.15, 0.2) is 0 Å². The number of carbonyl (C=O) groups excluding carboxylic acids is 2. The molecule has 2 aromatic carbocycles. The lowest BCUT2D eigenvalue weighted by Crippen LogP contribution is -2.36. The average molecular weight is 382 g/mol. The highest BCUT2D eigenvalue weighted by molar-refractivity contribution is 6.17. The van der Waals surface area contributed by atoms with Crippen LogP contribution in [-0.4, -0.2) is 26.0 Å². The lowest BCUT2D eigenvalue weighted by Gasteiger charge is -2.19. The highest BCUT2D eigenvalue weighted by Crippen LogP contribution is 2.48. The summed E-state index contributed by atoms with van der Waals surface area (Å²) in [6, 6.07) is 12.8. The molecule has 0 atom stereocenters. The van der Waals surface area contributed by atoms with Crippen molar-refractivity contribution in [1.82, 2.24) is 0 Å². The zero-order valence-corrected chi connectivity index (χ0v) is 16.7. The van der Waals surface area contributed by atoms with E-state index >= 15 is 0 Å². The number of amides is 2. The first-order valence-electron chi connectivity index (χ1n) is 9.35. The average Bonchev–Trinajstić information content (AvgIpc) is 3.50. The normalized spacial score (nSPS) is 14.3. The van der Waals surface area contributed by atoms with Gasteiger partial charge in [0.05, 0.1) is 19.9 Å². The molecular formula is C22H26N2O4. The summed E-state index contributed by atoms with van der Waals surface area (Å²) in [6.45, 7) is 4.14. The predicted molar refractivity (Wildman–Crippen MR) is 109 cm³/mol. The van der Waals surface area contributed by atoms with Crippen LogP contribution < -0.4 is 20.1 Å². The lowest BCUT2D eigenvalue weighted by molar-refractivity contribution is -0.131. The molecule has 0 unspecified atom stereocenters. The zero-order chi connectivity index (χ0) is 20.3. The highest BCUT2D eigenvalue weighted by atomic mass is 16.5. The number of anilines is 2. The van der Waals surface area contributed by atoms with E-state index < -0.39 is 5.41 Å². The number of nitrogens with one attached hydrogen (secondary N) is 2. The lowest BCUT2D eigenvalue weighted by atomic mass is 9.99. The molecule has 1 aliphatic carbocycles. The maximum atomic E-state index is 13.0. The molecular weight excluding hydrogens is 356 g/mol. The zero-order valence-electron chi connectivity index (χ0n) is 16.7. The van der Waals surface area contributed by atoms with Crippen LogP contribution in [-0.2, 0) is 9.59 Å². The minimum absolute atomic E-state index is 0.265. The van der Waals surface area contributed by atoms with Crippen molar-refractivity contribution in [3.63, 3.8) is 0 Å². The number of hydrogen-bond donors (Lipinski definition) is 2. The van der Waals surface area contributed by atoms with Crippen molar-refractivity contribution in [3.8, 4) is 11.5 Å². The van der Waals surface area contributed by atoms with Crippen LogP contribution in [0.1, 0.15) is 38.2 Å². The van der Waals surface area contributed by atoms with Crippen molar-refractivity contribution in [2.75, 3.05) is 24.9 Å². The van der Waals surface area contributed by atoms with E-state index in [1.54, 1.807) is 25.3 Å². The second kappa shape index (κ2) is 7.92. The van der Waals surface area contributed by atoms with E-state index in [1.165, 1.54) is 7.11 Å². The first-order chi connectivity index (χ1) is 13.4. The Bertz CT molecular complexity index is 888. The van der Waals surface area contributed by atoms with Crippen LogP contribution in [0.4, 0.5) is 11.4 Å². The Morgan fingerprint density at radius 1 is 0.929 bits per heavy atom. The molecule has 6 heteroatoms. The van der Waals surface area contributed by atoms with Gasteiger partial charge < -0.3 is 20.1 Å². The molecule has 0 radical (unpaired) electrons. The molecule has 148 valence electrons. The number of rotatable bonds is 7. The smallest absolute Gasteiger partial charge is 0.240 e. The van der Waals surface area contributed by atoms with E-state index in [0.717, 1.165) is 11.3 Å². The van der Waals surface area contributed by atoms with E-state index in [-0.39, 0.29) is 17.7 Å². The van der Waals surface area contributed by atoms with E-state index in [0.29, 0.717) is 30.0 Å². The molecule has 1 fully saturated rings. The molecule has 2 N–H and O–H groups in total. The summed E-state index contributed by atoms with van der Waals surface area (Å²) in [7, 11) is 3.08. The van der Waals surface area contributed by atoms with Gasteiger partial charge in [-0.2, -0.15) is 0 Å². The van der Waals surface area contributed by atoms with Crippen LogP contribution >= 0.6 is 0 Å². The number of para-hydroxylation sites is 1. The largest absolute Gasteiger partial charge is 0.497 e. The van der Waals surface area contributed by atoms with Crippen molar-refractivity contribution >= 4 is 23.2 Å². The molecule has 2 amide bonds. The third-order valence-electron chi connectivity index (χ3n) is 5.11. The standard InChI is InChI=1S/C22H26N2O4/c1-14(2)16-7-5-6-8-17(16)23-20(25)22(11-12-22)21(26)24-18-13-15(27-3)9-10-19(18)28-4/h5-10,13-14H,11-12H2,1-4H3,(H,23,25)(H,24,26). The van der Waals surface area contributed by atoms with E-state index in [4.69, 9.17) is 9.47 Å². The first-order valence-corrected chi connectivity index (χ1v) is 9.35. The number of benzene rings is 2. The molecule has 0 heterocycles. The Morgan fingerprint density at radius 3 is 2.14 bits per heavy atom. The number of hydrogen-bond acceptors (Lipinski definition) is 4. The highest BCUT2D eigenvalue weighted by Gasteiger charge is 2.56. The minimum Gasteiger partial charge on any atom is -0.497 e. The molecule has 0 aliphatic heterocycles. The van der Waals surface area contributed by atoms with Crippen molar-refractivity contribution < 1.29 is 19.1 Å². The number of ether oxygens (including phenoxy) is 2. The van der Waals surface area contributed by atoms with Crippen LogP contribution in [0.2, 0.25) is 0 Å². The third kappa shape index (κ3) is 3.81. The van der Waals surface area contributed by atoms with Gasteiger partial charge in [0, 0.05) is 11.8 Å². The minimum atomic E-state index is -1.06. The number of carbonyl (C=O) groups is 2. The maximum absolute atomic E-state index is 13.0. The van der Waals surface area contributed by atoms with E-state index in [9.17, 15) is 9.59 Å². The molecule has 0 saturated heterocycles. The van der Waals surface area contributed by atoms with E-state index in [2.05, 4.69) is 24.5 Å². The van der Waals surface area contributed by atoms with Crippen LogP contribution in [0.5, 0.6) is 11.5 Å². The van der Waals surface area contributed by atoms with Gasteiger partial charge >= 0.3 is 0 Å². The summed E-state index contributed by atoms with van der Waals surface area (Å²) in [5.74, 6) is 0.756. The summed E-state index contributed by atoms with van der Waals surface area (Å²) in [5.41, 5.74) is 1.22. The molecule has 0 aromatic heterocycles. The predicted octanol–water partition coefficient (Wildman–Crippen LogP) is 4.18. The Hall–Kier alpha value is -3.02. The van der Waals surface area contributed by atoms with Gasteiger partial charge in [-0.15, -0.1) is 0 Å². The molecule has 28 heavy (non-hydrogen) atoms. The monoisotopic (exact) mass is 382 g/mol. The Kier molecular flexibility index (Phi) is 5.58. The van der Waals surface area contributed by atoms with Crippen molar-refractivity contribution in [1.29, 1.82) is 0 Å². The fraction of sp³-hybridized carbons (Fsp3) is 0.364. The van der Waals surface area contributed by atoms with Crippen LogP contribution in [0.25, 0.3) is 0 Å². The van der Waals surface area contributed by atoms with Crippen molar-refractivity contribution in [3.05, 3.63) is 48.0 Å². The Balaban J connectivity index is 1.78. The second-order valence-electron chi connectivity index (χ2n) is 7.30. The Morgan fingerprint density at radius 2 is 1.57 bits per heavy atom. The summed E-state index contributed by atoms with van der Waals surface area (Å²) in [6.07, 6.45) is 1.03. The van der Waals surface area contributed by atoms with Crippen LogP contribution in [0, 0.1) is 5.41 Å². The van der Waals surface area contributed by atoms with E-state index in [1.807, 2.05) is 24.3 Å². The molecule has 1 aliphatic rings. The third-order valence-corrected chi connectivity index (χ3v) is 5.11. The molecule has 0 spiro atoms. The maximum Gasteiger partial charge on any atom is 0.240 e. The molecule has 2 aromatic rings. The molecule has 0 bridgehead atoms.